The Morgan fingerprint density at radius 1 is 1.20 bits per heavy atom. The molecule has 7 heteroatoms. The molecular weight excluding hydrogens is 272 g/mol. The molecule has 0 saturated carbocycles. The van der Waals surface area contributed by atoms with Crippen molar-refractivity contribution in [3.63, 3.8) is 0 Å². The van der Waals surface area contributed by atoms with Crippen molar-refractivity contribution in [2.24, 2.45) is 0 Å². The molecule has 0 amide bonds. The Balaban J connectivity index is 2.34. The summed E-state index contributed by atoms with van der Waals surface area (Å²) in [6, 6.07) is 6.87. The highest BCUT2D eigenvalue weighted by Gasteiger charge is 2.16. The second kappa shape index (κ2) is 5.62. The molecule has 0 heterocycles. The van der Waals surface area contributed by atoms with Crippen molar-refractivity contribution in [1.82, 2.24) is 0 Å². The Hall–Kier alpha value is -2.54. The monoisotopic (exact) mass is 281 g/mol. The maximum absolute atomic E-state index is 13.4. The number of hydrogen-bond acceptors (Lipinski definition) is 4. The number of halogens is 2. The third kappa shape index (κ3) is 2.72. The zero-order valence-electron chi connectivity index (χ0n) is 10.0. The highest BCUT2D eigenvalue weighted by Crippen LogP contribution is 2.29. The van der Waals surface area contributed by atoms with Crippen LogP contribution in [0.15, 0.2) is 36.4 Å². The number of nitro groups is 1. The van der Waals surface area contributed by atoms with E-state index in [4.69, 9.17) is 9.84 Å². The lowest BCUT2D eigenvalue weighted by Gasteiger charge is -2.10. The van der Waals surface area contributed by atoms with Crippen molar-refractivity contribution in [2.45, 2.75) is 6.61 Å². The van der Waals surface area contributed by atoms with Gasteiger partial charge < -0.3 is 9.84 Å². The van der Waals surface area contributed by atoms with Crippen molar-refractivity contribution >= 4 is 5.69 Å². The first-order valence-corrected chi connectivity index (χ1v) is 5.53. The fraction of sp³-hybridized carbons (Fsp3) is 0.0769. The lowest BCUT2D eigenvalue weighted by molar-refractivity contribution is -0.387. The standard InChI is InChI=1S/C13H9F2NO4/c14-10-2-1-3-13(9(10)7-17)20-8-4-5-12(16(18)19)11(15)6-8/h1-6,17H,7H2. The van der Waals surface area contributed by atoms with E-state index < -0.39 is 28.9 Å². The van der Waals surface area contributed by atoms with Gasteiger partial charge in [-0.3, -0.25) is 10.1 Å². The number of nitro benzene ring substituents is 1. The minimum atomic E-state index is -1.06. The van der Waals surface area contributed by atoms with E-state index in [1.165, 1.54) is 18.2 Å². The zero-order chi connectivity index (χ0) is 14.7. The van der Waals surface area contributed by atoms with E-state index in [0.717, 1.165) is 18.2 Å². The minimum Gasteiger partial charge on any atom is -0.457 e. The largest absolute Gasteiger partial charge is 0.457 e. The lowest BCUT2D eigenvalue weighted by atomic mass is 10.2. The van der Waals surface area contributed by atoms with Crippen LogP contribution in [-0.4, -0.2) is 10.0 Å². The molecule has 0 aliphatic rings. The van der Waals surface area contributed by atoms with E-state index in [0.29, 0.717) is 0 Å². The molecule has 20 heavy (non-hydrogen) atoms. The van der Waals surface area contributed by atoms with Gasteiger partial charge >= 0.3 is 5.69 Å². The van der Waals surface area contributed by atoms with Crippen LogP contribution in [0.25, 0.3) is 0 Å². The molecule has 0 bridgehead atoms. The summed E-state index contributed by atoms with van der Waals surface area (Å²) in [6.07, 6.45) is 0. The molecule has 2 aromatic carbocycles. The minimum absolute atomic E-state index is 0.0146. The molecule has 0 radical (unpaired) electrons. The molecule has 0 aromatic heterocycles. The summed E-state index contributed by atoms with van der Waals surface area (Å²) in [4.78, 5) is 9.62. The summed E-state index contributed by atoms with van der Waals surface area (Å²) in [5.41, 5.74) is -0.759. The molecule has 0 aliphatic heterocycles. The molecule has 2 aromatic rings. The first kappa shape index (κ1) is 13.9. The van der Waals surface area contributed by atoms with Crippen molar-refractivity contribution in [1.29, 1.82) is 0 Å². The molecule has 0 atom stereocenters. The highest BCUT2D eigenvalue weighted by atomic mass is 19.1. The third-order valence-electron chi connectivity index (χ3n) is 2.58. The summed E-state index contributed by atoms with van der Waals surface area (Å²) in [5.74, 6) is -1.74. The van der Waals surface area contributed by atoms with Gasteiger partial charge in [-0.25, -0.2) is 4.39 Å². The summed E-state index contributed by atoms with van der Waals surface area (Å²) >= 11 is 0. The molecule has 0 spiro atoms. The molecule has 5 nitrogen and oxygen atoms in total. The number of ether oxygens (including phenoxy) is 1. The average Bonchev–Trinajstić information content (AvgIpc) is 2.38. The Kier molecular flexibility index (Phi) is 3.90. The Labute approximate surface area is 112 Å². The van der Waals surface area contributed by atoms with Crippen molar-refractivity contribution in [3.8, 4) is 11.5 Å². The molecule has 1 N–H and O–H groups in total. The smallest absolute Gasteiger partial charge is 0.305 e. The molecule has 0 aliphatic carbocycles. The van der Waals surface area contributed by atoms with Crippen molar-refractivity contribution in [3.05, 3.63) is 63.7 Å². The van der Waals surface area contributed by atoms with Crippen molar-refractivity contribution in [2.75, 3.05) is 0 Å². The summed E-state index contributed by atoms with van der Waals surface area (Å²) in [5, 5.41) is 19.5. The van der Waals surface area contributed by atoms with E-state index in [1.807, 2.05) is 0 Å². The van der Waals surface area contributed by atoms with Gasteiger partial charge in [-0.05, 0) is 18.2 Å². The molecule has 0 saturated heterocycles. The predicted octanol–water partition coefficient (Wildman–Crippen LogP) is 3.16. The van der Waals surface area contributed by atoms with Gasteiger partial charge in [0, 0.05) is 12.1 Å². The van der Waals surface area contributed by atoms with Gasteiger partial charge in [-0.1, -0.05) is 6.07 Å². The van der Waals surface area contributed by atoms with Crippen LogP contribution < -0.4 is 4.74 Å². The number of hydrogen-bond donors (Lipinski definition) is 1. The zero-order valence-corrected chi connectivity index (χ0v) is 10.0. The average molecular weight is 281 g/mol. The van der Waals surface area contributed by atoms with Crippen LogP contribution in [0.5, 0.6) is 11.5 Å². The van der Waals surface area contributed by atoms with E-state index in [1.54, 1.807) is 0 Å². The summed E-state index contributed by atoms with van der Waals surface area (Å²) in [7, 11) is 0. The molecular formula is C13H9F2NO4. The van der Waals surface area contributed by atoms with Gasteiger partial charge in [0.2, 0.25) is 5.82 Å². The second-order valence-electron chi connectivity index (χ2n) is 3.85. The summed E-state index contributed by atoms with van der Waals surface area (Å²) < 4.78 is 32.1. The predicted molar refractivity (Wildman–Crippen MR) is 65.5 cm³/mol. The lowest BCUT2D eigenvalue weighted by Crippen LogP contribution is -1.97. The highest BCUT2D eigenvalue weighted by molar-refractivity contribution is 5.42. The van der Waals surface area contributed by atoms with Crippen LogP contribution >= 0.6 is 0 Å². The van der Waals surface area contributed by atoms with Gasteiger partial charge in [0.05, 0.1) is 17.1 Å². The van der Waals surface area contributed by atoms with Crippen LogP contribution in [-0.2, 0) is 6.61 Å². The maximum Gasteiger partial charge on any atom is 0.305 e. The third-order valence-corrected chi connectivity index (χ3v) is 2.58. The topological polar surface area (TPSA) is 72.6 Å². The Bertz CT molecular complexity index is 661. The van der Waals surface area contributed by atoms with Crippen molar-refractivity contribution < 1.29 is 23.5 Å². The van der Waals surface area contributed by atoms with E-state index in [9.17, 15) is 18.9 Å². The molecule has 0 fully saturated rings. The van der Waals surface area contributed by atoms with Gasteiger partial charge in [-0.15, -0.1) is 0 Å². The van der Waals surface area contributed by atoms with E-state index in [-0.39, 0.29) is 17.1 Å². The fourth-order valence-electron chi connectivity index (χ4n) is 1.61. The number of aliphatic hydroxyl groups is 1. The molecule has 0 unspecified atom stereocenters. The number of aliphatic hydroxyl groups excluding tert-OH is 1. The van der Waals surface area contributed by atoms with Crippen LogP contribution in [0, 0.1) is 21.7 Å². The van der Waals surface area contributed by atoms with Gasteiger partial charge in [0.1, 0.15) is 17.3 Å². The van der Waals surface area contributed by atoms with Gasteiger partial charge in [-0.2, -0.15) is 4.39 Å². The maximum atomic E-state index is 13.4. The van der Waals surface area contributed by atoms with Crippen LogP contribution in [0.2, 0.25) is 0 Å². The second-order valence-corrected chi connectivity index (χ2v) is 3.85. The quantitative estimate of drug-likeness (QED) is 0.690. The first-order chi connectivity index (χ1) is 9.52. The Morgan fingerprint density at radius 2 is 1.95 bits per heavy atom. The first-order valence-electron chi connectivity index (χ1n) is 5.53. The van der Waals surface area contributed by atoms with Crippen LogP contribution in [0.4, 0.5) is 14.5 Å². The summed E-state index contributed by atoms with van der Waals surface area (Å²) in [6.45, 7) is -0.586. The Morgan fingerprint density at radius 3 is 2.55 bits per heavy atom. The van der Waals surface area contributed by atoms with E-state index >= 15 is 0 Å². The molecule has 2 rings (SSSR count). The van der Waals surface area contributed by atoms with E-state index in [2.05, 4.69) is 0 Å². The number of benzene rings is 2. The fourth-order valence-corrected chi connectivity index (χ4v) is 1.61. The van der Waals surface area contributed by atoms with Crippen LogP contribution in [0.3, 0.4) is 0 Å². The van der Waals surface area contributed by atoms with Crippen LogP contribution in [0.1, 0.15) is 5.56 Å². The van der Waals surface area contributed by atoms with Gasteiger partial charge in [0.15, 0.2) is 0 Å². The number of nitrogens with zero attached hydrogens (tertiary/aromatic N) is 1. The van der Waals surface area contributed by atoms with Gasteiger partial charge in [0.25, 0.3) is 0 Å². The SMILES string of the molecule is O=[N+]([O-])c1ccc(Oc2cccc(F)c2CO)cc1F. The normalized spacial score (nSPS) is 10.3. The number of rotatable bonds is 4. The molecule has 104 valence electrons.